The summed E-state index contributed by atoms with van der Waals surface area (Å²) >= 11 is 0. The fraction of sp³-hybridized carbons (Fsp3) is 0.400. The maximum atomic E-state index is 13.0. The summed E-state index contributed by atoms with van der Waals surface area (Å²) in [6.45, 7) is 0.121. The van der Waals surface area contributed by atoms with Crippen LogP contribution in [0.15, 0.2) is 48.5 Å². The van der Waals surface area contributed by atoms with Gasteiger partial charge in [-0.25, -0.2) is 13.6 Å². The molecule has 2 unspecified atom stereocenters. The first kappa shape index (κ1) is 23.7. The minimum atomic E-state index is -3.01. The van der Waals surface area contributed by atoms with Gasteiger partial charge in [-0.05, 0) is 41.0 Å². The van der Waals surface area contributed by atoms with E-state index in [4.69, 9.17) is 9.84 Å². The molecule has 0 heterocycles. The van der Waals surface area contributed by atoms with E-state index in [0.717, 1.165) is 35.1 Å². The molecule has 2 aliphatic carbocycles. The van der Waals surface area contributed by atoms with Gasteiger partial charge < -0.3 is 20.5 Å². The second kappa shape index (κ2) is 10.2. The predicted octanol–water partition coefficient (Wildman–Crippen LogP) is 3.92. The summed E-state index contributed by atoms with van der Waals surface area (Å²) in [6, 6.07) is 13.5. The summed E-state index contributed by atoms with van der Waals surface area (Å²) in [4.78, 5) is 35.6. The van der Waals surface area contributed by atoms with Crippen molar-refractivity contribution in [3.8, 4) is 11.1 Å². The lowest BCUT2D eigenvalue weighted by Gasteiger charge is -2.21. The van der Waals surface area contributed by atoms with Crippen LogP contribution in [0.25, 0.3) is 11.1 Å². The Morgan fingerprint density at radius 2 is 1.53 bits per heavy atom. The number of ether oxygens (including phenoxy) is 1. The number of rotatable bonds is 10. The van der Waals surface area contributed by atoms with Crippen LogP contribution in [0, 0.1) is 5.92 Å². The van der Waals surface area contributed by atoms with Crippen molar-refractivity contribution in [1.82, 2.24) is 10.6 Å². The second-order valence-electron chi connectivity index (χ2n) is 8.72. The number of hydrogen-bond donors (Lipinski definition) is 3. The van der Waals surface area contributed by atoms with E-state index in [0.29, 0.717) is 0 Å². The number of aliphatic carboxylic acids is 1. The number of halogens is 2. The average molecular weight is 472 g/mol. The van der Waals surface area contributed by atoms with Crippen molar-refractivity contribution in [3.63, 3.8) is 0 Å². The van der Waals surface area contributed by atoms with Crippen LogP contribution in [0.3, 0.4) is 0 Å². The highest BCUT2D eigenvalue weighted by atomic mass is 19.3. The van der Waals surface area contributed by atoms with Gasteiger partial charge in [0.1, 0.15) is 12.6 Å². The molecule has 1 saturated carbocycles. The molecule has 0 radical (unpaired) electrons. The third kappa shape index (κ3) is 5.52. The number of carbonyl (C=O) groups excluding carboxylic acids is 2. The Labute approximate surface area is 195 Å². The Kier molecular flexibility index (Phi) is 7.09. The molecule has 7 nitrogen and oxygen atoms in total. The van der Waals surface area contributed by atoms with E-state index in [9.17, 15) is 23.2 Å². The highest BCUT2D eigenvalue weighted by Crippen LogP contribution is 2.44. The maximum Gasteiger partial charge on any atom is 0.407 e. The average Bonchev–Trinajstić information content (AvgIpc) is 3.59. The van der Waals surface area contributed by atoms with Crippen molar-refractivity contribution in [2.45, 2.75) is 50.1 Å². The zero-order chi connectivity index (χ0) is 24.2. The molecule has 2 amide bonds. The van der Waals surface area contributed by atoms with Crippen LogP contribution in [-0.2, 0) is 14.3 Å². The summed E-state index contributed by atoms with van der Waals surface area (Å²) < 4.78 is 31.6. The van der Waals surface area contributed by atoms with Crippen LogP contribution in [0.1, 0.15) is 42.7 Å². The van der Waals surface area contributed by atoms with Gasteiger partial charge in [-0.1, -0.05) is 48.5 Å². The number of carboxylic acids is 1. The minimum absolute atomic E-state index is 0.0516. The maximum absolute atomic E-state index is 13.0. The van der Waals surface area contributed by atoms with Crippen LogP contribution in [0.2, 0.25) is 0 Å². The first-order chi connectivity index (χ1) is 16.3. The predicted molar refractivity (Wildman–Crippen MR) is 120 cm³/mol. The molecule has 9 heteroatoms. The molecule has 2 aliphatic rings. The van der Waals surface area contributed by atoms with Gasteiger partial charge in [0.05, 0.1) is 6.42 Å². The van der Waals surface area contributed by atoms with Gasteiger partial charge >= 0.3 is 12.1 Å². The molecule has 2 aromatic rings. The third-order valence-corrected chi connectivity index (χ3v) is 6.29. The van der Waals surface area contributed by atoms with Gasteiger partial charge in [0, 0.05) is 18.4 Å². The minimum Gasteiger partial charge on any atom is -0.481 e. The first-order valence-electron chi connectivity index (χ1n) is 11.2. The molecule has 0 aromatic heterocycles. The van der Waals surface area contributed by atoms with Crippen molar-refractivity contribution in [3.05, 3.63) is 59.7 Å². The molecular formula is C25H26F2N2O5. The van der Waals surface area contributed by atoms with E-state index in [1.807, 2.05) is 48.5 Å². The quantitative estimate of drug-likeness (QED) is 0.486. The molecule has 2 atom stereocenters. The lowest BCUT2D eigenvalue weighted by Crippen LogP contribution is -2.46. The number of carboxylic acid groups (broad SMARTS) is 1. The number of amides is 2. The Morgan fingerprint density at radius 3 is 2.06 bits per heavy atom. The Morgan fingerprint density at radius 1 is 0.941 bits per heavy atom. The second-order valence-corrected chi connectivity index (χ2v) is 8.72. The van der Waals surface area contributed by atoms with Gasteiger partial charge in [0.15, 0.2) is 0 Å². The molecule has 0 aliphatic heterocycles. The number of alkyl carbamates (subject to hydrolysis) is 1. The summed E-state index contributed by atoms with van der Waals surface area (Å²) in [6.07, 6.45) is -3.18. The fourth-order valence-corrected chi connectivity index (χ4v) is 4.48. The molecule has 3 N–H and O–H groups in total. The van der Waals surface area contributed by atoms with E-state index < -0.39 is 42.9 Å². The van der Waals surface area contributed by atoms with Crippen molar-refractivity contribution in [1.29, 1.82) is 0 Å². The SMILES string of the molecule is O=C(O)CC(NC(=O)CC(NC(=O)OCC1c2ccccc2-c2ccccc21)C1CC1)C(F)F. The standard InChI is InChI=1S/C25H26F2N2O5/c26-24(27)21(12-23(31)32)28-22(30)11-20(14-9-10-14)29-25(33)34-13-19-17-7-3-1-5-15(17)16-6-2-4-8-18(16)19/h1-8,14,19-21,24H,9-13H2,(H,28,30)(H,29,33)(H,31,32). The van der Waals surface area contributed by atoms with Crippen LogP contribution >= 0.6 is 0 Å². The van der Waals surface area contributed by atoms with E-state index in [-0.39, 0.29) is 24.9 Å². The lowest BCUT2D eigenvalue weighted by molar-refractivity contribution is -0.139. The van der Waals surface area contributed by atoms with Gasteiger partial charge in [0.2, 0.25) is 5.91 Å². The Balaban J connectivity index is 1.34. The highest BCUT2D eigenvalue weighted by Gasteiger charge is 2.36. The van der Waals surface area contributed by atoms with Gasteiger partial charge in [-0.2, -0.15) is 0 Å². The number of carbonyl (C=O) groups is 3. The molecule has 0 bridgehead atoms. The van der Waals surface area contributed by atoms with Crippen LogP contribution in [0.4, 0.5) is 13.6 Å². The largest absolute Gasteiger partial charge is 0.481 e. The van der Waals surface area contributed by atoms with E-state index >= 15 is 0 Å². The lowest BCUT2D eigenvalue weighted by atomic mass is 9.98. The fourth-order valence-electron chi connectivity index (χ4n) is 4.48. The molecule has 34 heavy (non-hydrogen) atoms. The van der Waals surface area contributed by atoms with Gasteiger partial charge in [0.25, 0.3) is 6.43 Å². The van der Waals surface area contributed by atoms with E-state index in [1.54, 1.807) is 0 Å². The van der Waals surface area contributed by atoms with Gasteiger partial charge in [-0.3, -0.25) is 9.59 Å². The summed E-state index contributed by atoms with van der Waals surface area (Å²) in [5, 5.41) is 13.5. The molecular weight excluding hydrogens is 446 g/mol. The summed E-state index contributed by atoms with van der Waals surface area (Å²) in [5.74, 6) is -2.22. The van der Waals surface area contributed by atoms with Gasteiger partial charge in [-0.15, -0.1) is 0 Å². The molecule has 2 aromatic carbocycles. The number of alkyl halides is 2. The molecule has 0 spiro atoms. The van der Waals surface area contributed by atoms with E-state index in [2.05, 4.69) is 10.6 Å². The molecule has 1 fully saturated rings. The monoisotopic (exact) mass is 472 g/mol. The number of benzene rings is 2. The zero-order valence-electron chi connectivity index (χ0n) is 18.4. The normalized spacial score (nSPS) is 16.3. The van der Waals surface area contributed by atoms with E-state index in [1.165, 1.54) is 0 Å². The third-order valence-electron chi connectivity index (χ3n) is 6.29. The number of nitrogens with one attached hydrogen (secondary N) is 2. The Bertz CT molecular complexity index is 1030. The zero-order valence-corrected chi connectivity index (χ0v) is 18.4. The molecule has 180 valence electrons. The smallest absolute Gasteiger partial charge is 0.407 e. The van der Waals surface area contributed by atoms with Crippen molar-refractivity contribution < 1.29 is 33.0 Å². The van der Waals surface area contributed by atoms with Crippen LogP contribution < -0.4 is 10.6 Å². The van der Waals surface area contributed by atoms with Crippen molar-refractivity contribution in [2.75, 3.05) is 6.61 Å². The first-order valence-corrected chi connectivity index (χ1v) is 11.2. The Hall–Kier alpha value is -3.49. The van der Waals surface area contributed by atoms with Crippen LogP contribution in [-0.4, -0.2) is 48.2 Å². The summed E-state index contributed by atoms with van der Waals surface area (Å²) in [7, 11) is 0. The number of fused-ring (bicyclic) bond motifs is 3. The van der Waals surface area contributed by atoms with Crippen molar-refractivity contribution >= 4 is 18.0 Å². The number of hydrogen-bond acceptors (Lipinski definition) is 4. The molecule has 4 rings (SSSR count). The van der Waals surface area contributed by atoms with Crippen LogP contribution in [0.5, 0.6) is 0 Å². The summed E-state index contributed by atoms with van der Waals surface area (Å²) in [5.41, 5.74) is 4.36. The molecule has 0 saturated heterocycles. The van der Waals surface area contributed by atoms with Crippen molar-refractivity contribution in [2.24, 2.45) is 5.92 Å². The highest BCUT2D eigenvalue weighted by molar-refractivity contribution is 5.80. The topological polar surface area (TPSA) is 105 Å².